The molecule has 0 radical (unpaired) electrons. The second-order valence-corrected chi connectivity index (χ2v) is 10.6. The van der Waals surface area contributed by atoms with E-state index >= 15 is 0 Å². The number of hydrogen-bond donors (Lipinski definition) is 3. The Bertz CT molecular complexity index is 1270. The van der Waals surface area contributed by atoms with Gasteiger partial charge in [-0.1, -0.05) is 13.0 Å². The van der Waals surface area contributed by atoms with Crippen LogP contribution in [0.4, 0.5) is 24.5 Å². The van der Waals surface area contributed by atoms with Crippen molar-refractivity contribution in [2.45, 2.75) is 45.2 Å². The molecule has 3 N–H and O–H groups in total. The molecular formula is C25H32F3N3O6S. The third-order valence-electron chi connectivity index (χ3n) is 6.06. The Morgan fingerprint density at radius 2 is 1.50 bits per heavy atom. The zero-order chi connectivity index (χ0) is 28.8. The number of sulfonamides is 1. The largest absolute Gasteiger partial charge is 0.490 e. The first-order chi connectivity index (χ1) is 17.6. The van der Waals surface area contributed by atoms with Gasteiger partial charge in [-0.25, -0.2) is 18.0 Å². The van der Waals surface area contributed by atoms with E-state index in [0.717, 1.165) is 50.3 Å². The molecule has 0 bridgehead atoms. The van der Waals surface area contributed by atoms with Gasteiger partial charge in [0, 0.05) is 26.2 Å². The Morgan fingerprint density at radius 1 is 0.947 bits per heavy atom. The van der Waals surface area contributed by atoms with Crippen LogP contribution in [0.5, 0.6) is 0 Å². The molecule has 1 heterocycles. The summed E-state index contributed by atoms with van der Waals surface area (Å²) in [6.45, 7) is 12.1. The fraction of sp³-hybridized carbons (Fsp3) is 0.440. The molecule has 0 spiro atoms. The summed E-state index contributed by atoms with van der Waals surface area (Å²) in [7, 11) is -3.89. The highest BCUT2D eigenvalue weighted by molar-refractivity contribution is 7.92. The molecule has 2 aromatic carbocycles. The fourth-order valence-electron chi connectivity index (χ4n) is 3.98. The maximum Gasteiger partial charge on any atom is 0.490 e. The van der Waals surface area contributed by atoms with E-state index in [-0.39, 0.29) is 10.5 Å². The quantitative estimate of drug-likeness (QED) is 0.459. The number of aryl methyl sites for hydroxylation is 3. The van der Waals surface area contributed by atoms with Gasteiger partial charge in [0.1, 0.15) is 0 Å². The summed E-state index contributed by atoms with van der Waals surface area (Å²) in [5, 5.41) is 16.6. The Morgan fingerprint density at radius 3 is 2.00 bits per heavy atom. The highest BCUT2D eigenvalue weighted by Gasteiger charge is 2.38. The third kappa shape index (κ3) is 8.09. The van der Waals surface area contributed by atoms with Crippen LogP contribution in [0.1, 0.15) is 40.4 Å². The summed E-state index contributed by atoms with van der Waals surface area (Å²) in [4.78, 5) is 25.1. The van der Waals surface area contributed by atoms with E-state index in [9.17, 15) is 31.5 Å². The number of aromatic carboxylic acids is 1. The summed E-state index contributed by atoms with van der Waals surface area (Å²) < 4.78 is 60.9. The van der Waals surface area contributed by atoms with E-state index in [4.69, 9.17) is 9.90 Å². The van der Waals surface area contributed by atoms with Gasteiger partial charge in [0.2, 0.25) is 0 Å². The molecule has 1 aliphatic heterocycles. The predicted octanol–water partition coefficient (Wildman–Crippen LogP) is 4.28. The number of alkyl halides is 3. The van der Waals surface area contributed by atoms with Crippen molar-refractivity contribution in [1.29, 1.82) is 0 Å². The van der Waals surface area contributed by atoms with Gasteiger partial charge in [-0.15, -0.1) is 0 Å². The van der Waals surface area contributed by atoms with Crippen LogP contribution >= 0.6 is 0 Å². The molecule has 0 saturated carbocycles. The van der Waals surface area contributed by atoms with Gasteiger partial charge in [0.05, 0.1) is 21.8 Å². The van der Waals surface area contributed by atoms with Crippen LogP contribution in [-0.4, -0.2) is 74.4 Å². The minimum absolute atomic E-state index is 0.0443. The summed E-state index contributed by atoms with van der Waals surface area (Å²) in [5.41, 5.74) is 3.60. The van der Waals surface area contributed by atoms with Crippen LogP contribution in [0.15, 0.2) is 35.2 Å². The lowest BCUT2D eigenvalue weighted by Crippen LogP contribution is -2.46. The number of anilines is 2. The van der Waals surface area contributed by atoms with Crippen LogP contribution < -0.4 is 9.62 Å². The number of carbonyl (C=O) groups is 2. The van der Waals surface area contributed by atoms with Crippen molar-refractivity contribution in [3.05, 3.63) is 52.6 Å². The summed E-state index contributed by atoms with van der Waals surface area (Å²) in [6, 6.07) is 8.14. The predicted molar refractivity (Wildman–Crippen MR) is 137 cm³/mol. The lowest BCUT2D eigenvalue weighted by Gasteiger charge is -2.37. The zero-order valence-corrected chi connectivity index (χ0v) is 22.4. The maximum atomic E-state index is 13.3. The van der Waals surface area contributed by atoms with E-state index in [0.29, 0.717) is 16.9 Å². The van der Waals surface area contributed by atoms with E-state index in [1.807, 2.05) is 19.9 Å². The number of carboxylic acid groups (broad SMARTS) is 2. The molecular weight excluding hydrogens is 527 g/mol. The summed E-state index contributed by atoms with van der Waals surface area (Å²) in [6.07, 6.45) is -3.99. The first-order valence-corrected chi connectivity index (χ1v) is 13.3. The van der Waals surface area contributed by atoms with Crippen LogP contribution in [0.3, 0.4) is 0 Å². The number of aliphatic carboxylic acids is 1. The number of carboxylic acids is 2. The van der Waals surface area contributed by atoms with Crippen LogP contribution in [0.25, 0.3) is 0 Å². The molecule has 0 unspecified atom stereocenters. The number of hydrogen-bond acceptors (Lipinski definition) is 6. The third-order valence-corrected chi connectivity index (χ3v) is 7.57. The van der Waals surface area contributed by atoms with E-state index in [2.05, 4.69) is 21.4 Å². The van der Waals surface area contributed by atoms with Gasteiger partial charge in [0.25, 0.3) is 10.0 Å². The topological polar surface area (TPSA) is 127 Å². The Kier molecular flexibility index (Phi) is 10.2. The van der Waals surface area contributed by atoms with Crippen molar-refractivity contribution in [2.24, 2.45) is 0 Å². The number of halogens is 3. The molecule has 38 heavy (non-hydrogen) atoms. The van der Waals surface area contributed by atoms with Crippen molar-refractivity contribution in [2.75, 3.05) is 42.3 Å². The summed E-state index contributed by atoms with van der Waals surface area (Å²) in [5.74, 6) is -3.85. The summed E-state index contributed by atoms with van der Waals surface area (Å²) >= 11 is 0. The molecule has 3 rings (SSSR count). The van der Waals surface area contributed by atoms with E-state index in [1.165, 1.54) is 12.1 Å². The molecule has 210 valence electrons. The standard InChI is InChI=1S/C23H31N3O4S.C2HF3O2/c1-5-8-25-9-11-26(12-10-25)21-7-6-19(23(27)28)15-20(21)24-31(29,30)22-14-17(3)16(2)13-18(22)4;3-2(4,5)1(6)7/h6-7,13-15,24H,5,8-12H2,1-4H3,(H,27,28);(H,6,7). The van der Waals surface area contributed by atoms with E-state index < -0.39 is 28.1 Å². The van der Waals surface area contributed by atoms with Gasteiger partial charge < -0.3 is 15.1 Å². The number of piperazine rings is 1. The molecule has 1 saturated heterocycles. The normalized spacial score (nSPS) is 14.4. The van der Waals surface area contributed by atoms with Crippen molar-refractivity contribution < 1.29 is 41.4 Å². The minimum atomic E-state index is -5.08. The number of rotatable bonds is 7. The second kappa shape index (κ2) is 12.5. The SMILES string of the molecule is CCCN1CCN(c2ccc(C(=O)O)cc2NS(=O)(=O)c2cc(C)c(C)cc2C)CC1.O=C(O)C(F)(F)F. The Labute approximate surface area is 219 Å². The van der Waals surface area contributed by atoms with E-state index in [1.54, 1.807) is 19.1 Å². The van der Waals surface area contributed by atoms with Crippen LogP contribution in [0, 0.1) is 20.8 Å². The molecule has 0 aliphatic carbocycles. The monoisotopic (exact) mass is 559 g/mol. The van der Waals surface area contributed by atoms with Gasteiger partial charge >= 0.3 is 18.1 Å². The second-order valence-electron chi connectivity index (χ2n) is 8.98. The van der Waals surface area contributed by atoms with Crippen LogP contribution in [0.2, 0.25) is 0 Å². The van der Waals surface area contributed by atoms with Crippen molar-refractivity contribution in [3.63, 3.8) is 0 Å². The zero-order valence-electron chi connectivity index (χ0n) is 21.6. The van der Waals surface area contributed by atoms with Crippen molar-refractivity contribution in [1.82, 2.24) is 4.90 Å². The Balaban J connectivity index is 0.000000638. The Hall–Kier alpha value is -3.32. The van der Waals surface area contributed by atoms with Crippen LogP contribution in [-0.2, 0) is 14.8 Å². The molecule has 0 amide bonds. The molecule has 9 nitrogen and oxygen atoms in total. The maximum absolute atomic E-state index is 13.3. The van der Waals surface area contributed by atoms with Crippen molar-refractivity contribution in [3.8, 4) is 0 Å². The molecule has 0 aromatic heterocycles. The van der Waals surface area contributed by atoms with Crippen molar-refractivity contribution >= 4 is 33.3 Å². The highest BCUT2D eigenvalue weighted by atomic mass is 32.2. The average Bonchev–Trinajstić information content (AvgIpc) is 2.81. The highest BCUT2D eigenvalue weighted by Crippen LogP contribution is 2.31. The molecule has 13 heteroatoms. The lowest BCUT2D eigenvalue weighted by atomic mass is 10.1. The molecule has 0 atom stereocenters. The number of nitrogens with zero attached hydrogens (tertiary/aromatic N) is 2. The number of benzene rings is 2. The molecule has 1 fully saturated rings. The van der Waals surface area contributed by atoms with Gasteiger partial charge in [-0.2, -0.15) is 13.2 Å². The lowest BCUT2D eigenvalue weighted by molar-refractivity contribution is -0.192. The average molecular weight is 560 g/mol. The smallest absolute Gasteiger partial charge is 0.478 e. The first kappa shape index (κ1) is 30.9. The van der Waals surface area contributed by atoms with Gasteiger partial charge in [0.15, 0.2) is 0 Å². The van der Waals surface area contributed by atoms with Gasteiger partial charge in [-0.3, -0.25) is 9.62 Å². The molecule has 1 aliphatic rings. The number of nitrogens with one attached hydrogen (secondary N) is 1. The fourth-order valence-corrected chi connectivity index (χ4v) is 5.36. The first-order valence-electron chi connectivity index (χ1n) is 11.8. The minimum Gasteiger partial charge on any atom is -0.478 e. The van der Waals surface area contributed by atoms with Gasteiger partial charge in [-0.05, 0) is 74.7 Å². The molecule has 2 aromatic rings.